The van der Waals surface area contributed by atoms with Gasteiger partial charge in [-0.3, -0.25) is 4.79 Å². The number of rotatable bonds is 3. The van der Waals surface area contributed by atoms with Crippen molar-refractivity contribution in [3.8, 4) is 0 Å². The molecule has 29 heavy (non-hydrogen) atoms. The number of aryl methyl sites for hydroxylation is 2. The third kappa shape index (κ3) is 3.97. The average Bonchev–Trinajstić information content (AvgIpc) is 3.10. The minimum atomic E-state index is -1.08. The van der Waals surface area contributed by atoms with Gasteiger partial charge in [0.2, 0.25) is 5.95 Å². The number of anilines is 1. The largest absolute Gasteiger partial charge is 0.388 e. The summed E-state index contributed by atoms with van der Waals surface area (Å²) < 4.78 is 11.2. The van der Waals surface area contributed by atoms with Crippen LogP contribution in [-0.2, 0) is 4.74 Å². The highest BCUT2D eigenvalue weighted by Crippen LogP contribution is 2.40. The molecule has 0 aliphatic carbocycles. The molecule has 0 aromatic carbocycles. The maximum absolute atomic E-state index is 12.5. The van der Waals surface area contributed by atoms with E-state index in [2.05, 4.69) is 25.3 Å². The first-order chi connectivity index (χ1) is 13.8. The lowest BCUT2D eigenvalue weighted by atomic mass is 9.75. The molecule has 4 heterocycles. The fourth-order valence-corrected chi connectivity index (χ4v) is 4.24. The number of aliphatic hydroxyl groups is 1. The van der Waals surface area contributed by atoms with Gasteiger partial charge in [0.15, 0.2) is 0 Å². The second-order valence-electron chi connectivity index (χ2n) is 8.33. The highest BCUT2D eigenvalue weighted by molar-refractivity contribution is 5.95. The molecule has 2 fully saturated rings. The monoisotopic (exact) mass is 401 g/mol. The molecule has 1 amide bonds. The van der Waals surface area contributed by atoms with Crippen molar-refractivity contribution in [1.29, 1.82) is 0 Å². The van der Waals surface area contributed by atoms with Gasteiger partial charge in [-0.05, 0) is 39.7 Å². The summed E-state index contributed by atoms with van der Waals surface area (Å²) in [6.45, 7) is 7.17. The van der Waals surface area contributed by atoms with Crippen molar-refractivity contribution < 1.29 is 19.2 Å². The average molecular weight is 401 g/mol. The summed E-state index contributed by atoms with van der Waals surface area (Å²) in [4.78, 5) is 23.5. The molecule has 2 aromatic rings. The summed E-state index contributed by atoms with van der Waals surface area (Å²) in [5, 5.41) is 17.6. The molecule has 2 N–H and O–H groups in total. The second kappa shape index (κ2) is 7.38. The normalized spacial score (nSPS) is 26.5. The van der Waals surface area contributed by atoms with Gasteiger partial charge in [-0.15, -0.1) is 0 Å². The Balaban J connectivity index is 1.39. The fraction of sp³-hybridized carbons (Fsp3) is 0.600. The number of carbonyl (C=O) groups is 1. The van der Waals surface area contributed by atoms with E-state index >= 15 is 0 Å². The second-order valence-corrected chi connectivity index (χ2v) is 8.33. The summed E-state index contributed by atoms with van der Waals surface area (Å²) >= 11 is 0. The van der Waals surface area contributed by atoms with E-state index < -0.39 is 17.2 Å². The van der Waals surface area contributed by atoms with Crippen LogP contribution in [0.1, 0.15) is 48.0 Å². The zero-order valence-electron chi connectivity index (χ0n) is 17.0. The number of piperidine rings is 1. The van der Waals surface area contributed by atoms with Gasteiger partial charge in [0, 0.05) is 31.4 Å². The molecule has 2 saturated heterocycles. The van der Waals surface area contributed by atoms with Crippen molar-refractivity contribution in [2.75, 3.05) is 24.6 Å². The van der Waals surface area contributed by atoms with Crippen molar-refractivity contribution in [2.24, 2.45) is 0 Å². The summed E-state index contributed by atoms with van der Waals surface area (Å²) in [6, 6.07) is 1.37. The molecule has 2 atom stereocenters. The molecule has 4 rings (SSSR count). The summed E-state index contributed by atoms with van der Waals surface area (Å²) in [5.41, 5.74) is -0.180. The third-order valence-corrected chi connectivity index (χ3v) is 6.03. The molecule has 0 bridgehead atoms. The first kappa shape index (κ1) is 19.8. The van der Waals surface area contributed by atoms with Crippen LogP contribution >= 0.6 is 0 Å². The van der Waals surface area contributed by atoms with Gasteiger partial charge >= 0.3 is 0 Å². The van der Waals surface area contributed by atoms with Gasteiger partial charge < -0.3 is 24.6 Å². The Kier molecular flexibility index (Phi) is 5.04. The number of ether oxygens (including phenoxy) is 1. The van der Waals surface area contributed by atoms with E-state index in [1.807, 2.05) is 13.0 Å². The Morgan fingerprint density at radius 3 is 2.72 bits per heavy atom. The van der Waals surface area contributed by atoms with Gasteiger partial charge in [-0.2, -0.15) is 0 Å². The Morgan fingerprint density at radius 1 is 1.34 bits per heavy atom. The molecule has 1 spiro atoms. The van der Waals surface area contributed by atoms with E-state index in [-0.39, 0.29) is 12.5 Å². The van der Waals surface area contributed by atoms with Crippen molar-refractivity contribution in [1.82, 2.24) is 20.4 Å². The van der Waals surface area contributed by atoms with Crippen molar-refractivity contribution in [3.05, 3.63) is 35.5 Å². The number of hydrogen-bond donors (Lipinski definition) is 2. The van der Waals surface area contributed by atoms with E-state index in [0.29, 0.717) is 17.7 Å². The number of carbonyl (C=O) groups excluding carboxylic acids is 1. The van der Waals surface area contributed by atoms with Crippen LogP contribution in [0.25, 0.3) is 0 Å². The number of aromatic nitrogens is 3. The van der Waals surface area contributed by atoms with Gasteiger partial charge in [-0.1, -0.05) is 5.16 Å². The van der Waals surface area contributed by atoms with Crippen LogP contribution in [0.15, 0.2) is 23.0 Å². The summed E-state index contributed by atoms with van der Waals surface area (Å²) in [7, 11) is 0. The summed E-state index contributed by atoms with van der Waals surface area (Å²) in [6.07, 6.45) is 5.15. The van der Waals surface area contributed by atoms with Gasteiger partial charge in [0.1, 0.15) is 11.3 Å². The minimum absolute atomic E-state index is 0.254. The molecular weight excluding hydrogens is 374 g/mol. The zero-order chi connectivity index (χ0) is 20.6. The molecule has 9 heteroatoms. The number of nitrogens with zero attached hydrogens (tertiary/aromatic N) is 4. The highest BCUT2D eigenvalue weighted by atomic mass is 16.5. The number of nitrogens with one attached hydrogen (secondary N) is 1. The Hall–Kier alpha value is -2.52. The topological polar surface area (TPSA) is 114 Å². The van der Waals surface area contributed by atoms with Gasteiger partial charge in [0.25, 0.3) is 5.91 Å². The van der Waals surface area contributed by atoms with Crippen LogP contribution < -0.4 is 10.2 Å². The lowest BCUT2D eigenvalue weighted by Gasteiger charge is -2.51. The predicted molar refractivity (Wildman–Crippen MR) is 105 cm³/mol. The lowest BCUT2D eigenvalue weighted by Crippen LogP contribution is -2.64. The maximum Gasteiger partial charge on any atom is 0.256 e. The number of hydrogen-bond acceptors (Lipinski definition) is 8. The van der Waals surface area contributed by atoms with Crippen molar-refractivity contribution in [2.45, 2.75) is 57.3 Å². The van der Waals surface area contributed by atoms with Crippen LogP contribution in [0.2, 0.25) is 0 Å². The standard InChI is InChI=1S/C20H27N5O4/c1-13-4-7-21-18(23-13)25-8-5-20(6-9-25)12-19(3,27)16(11-28-20)24-17(26)15-10-22-29-14(15)2/h4,7,10,16,27H,5-6,8-9,11-12H2,1-3H3,(H,24,26)/t16-,19-/m0/s1. The smallest absolute Gasteiger partial charge is 0.256 e. The quantitative estimate of drug-likeness (QED) is 0.793. The predicted octanol–water partition coefficient (Wildman–Crippen LogP) is 1.39. The molecule has 2 aliphatic heterocycles. The van der Waals surface area contributed by atoms with E-state index in [0.717, 1.165) is 37.6 Å². The van der Waals surface area contributed by atoms with Crippen molar-refractivity contribution in [3.63, 3.8) is 0 Å². The van der Waals surface area contributed by atoms with Crippen molar-refractivity contribution >= 4 is 11.9 Å². The first-order valence-corrected chi connectivity index (χ1v) is 9.91. The SMILES string of the molecule is Cc1ccnc(N2CCC3(CC2)C[C@](C)(O)[C@@H](NC(=O)c2cnoc2C)CO3)n1. The molecule has 2 aromatic heterocycles. The number of amides is 1. The molecular formula is C20H27N5O4. The molecule has 156 valence electrons. The van der Waals surface area contributed by atoms with Crippen LogP contribution in [-0.4, -0.2) is 63.1 Å². The highest BCUT2D eigenvalue weighted by Gasteiger charge is 2.49. The molecule has 9 nitrogen and oxygen atoms in total. The third-order valence-electron chi connectivity index (χ3n) is 6.03. The minimum Gasteiger partial charge on any atom is -0.388 e. The maximum atomic E-state index is 12.5. The molecule has 2 aliphatic rings. The molecule has 0 unspecified atom stereocenters. The summed E-state index contributed by atoms with van der Waals surface area (Å²) in [5.74, 6) is 0.859. The Morgan fingerprint density at radius 2 is 2.10 bits per heavy atom. The fourth-order valence-electron chi connectivity index (χ4n) is 4.24. The lowest BCUT2D eigenvalue weighted by molar-refractivity contribution is -0.176. The first-order valence-electron chi connectivity index (χ1n) is 9.91. The van der Waals surface area contributed by atoms with Gasteiger partial charge in [-0.25, -0.2) is 9.97 Å². The van der Waals surface area contributed by atoms with Crippen LogP contribution in [0.5, 0.6) is 0 Å². The Bertz CT molecular complexity index is 889. The Labute approximate surface area is 169 Å². The van der Waals surface area contributed by atoms with Crippen LogP contribution in [0, 0.1) is 13.8 Å². The van der Waals surface area contributed by atoms with E-state index in [9.17, 15) is 9.90 Å². The van der Waals surface area contributed by atoms with E-state index in [1.165, 1.54) is 6.20 Å². The molecule has 0 saturated carbocycles. The van der Waals surface area contributed by atoms with E-state index in [4.69, 9.17) is 9.26 Å². The van der Waals surface area contributed by atoms with Gasteiger partial charge in [0.05, 0.1) is 30.0 Å². The van der Waals surface area contributed by atoms with E-state index in [1.54, 1.807) is 20.0 Å². The zero-order valence-corrected chi connectivity index (χ0v) is 17.0. The molecule has 0 radical (unpaired) electrons. The van der Waals surface area contributed by atoms with Crippen LogP contribution in [0.3, 0.4) is 0 Å². The van der Waals surface area contributed by atoms with Crippen LogP contribution in [0.4, 0.5) is 5.95 Å².